The number of hydrogen-bond acceptors (Lipinski definition) is 3. The molecule has 1 aromatic carbocycles. The Bertz CT molecular complexity index is 749. The Hall–Kier alpha value is -2.05. The summed E-state index contributed by atoms with van der Waals surface area (Å²) in [4.78, 5) is 18.5. The maximum Gasteiger partial charge on any atom is 0.317 e. The Morgan fingerprint density at radius 1 is 1.31 bits per heavy atom. The Morgan fingerprint density at radius 2 is 1.96 bits per heavy atom. The van der Waals surface area contributed by atoms with Crippen LogP contribution in [0.15, 0.2) is 36.7 Å². The number of piperidine rings is 1. The van der Waals surface area contributed by atoms with Crippen molar-refractivity contribution in [2.75, 3.05) is 13.1 Å². The molecule has 26 heavy (non-hydrogen) atoms. The number of hydrogen-bond donors (Lipinski definition) is 2. The van der Waals surface area contributed by atoms with Gasteiger partial charge in [0.2, 0.25) is 0 Å². The number of carbonyl (C=O) groups is 1. The van der Waals surface area contributed by atoms with E-state index in [0.717, 1.165) is 11.4 Å². The fraction of sp³-hybridized carbons (Fsp3) is 0.474. The molecule has 1 aliphatic rings. The van der Waals surface area contributed by atoms with Crippen LogP contribution in [0.25, 0.3) is 0 Å². The molecule has 2 N–H and O–H groups in total. The molecule has 0 saturated carbocycles. The van der Waals surface area contributed by atoms with Gasteiger partial charge >= 0.3 is 6.03 Å². The van der Waals surface area contributed by atoms with E-state index in [9.17, 15) is 9.90 Å². The summed E-state index contributed by atoms with van der Waals surface area (Å²) in [7, 11) is 0. The summed E-state index contributed by atoms with van der Waals surface area (Å²) in [6.45, 7) is 5.56. The number of benzene rings is 1. The number of rotatable bonds is 4. The molecular weight excluding hydrogens is 352 g/mol. The molecule has 2 amide bonds. The van der Waals surface area contributed by atoms with E-state index in [2.05, 4.69) is 24.1 Å². The molecule has 1 aromatic heterocycles. The number of aliphatic hydroxyl groups is 1. The number of likely N-dealkylation sites (tertiary alicyclic amines) is 1. The summed E-state index contributed by atoms with van der Waals surface area (Å²) in [5.74, 6) is 0.836. The van der Waals surface area contributed by atoms with Crippen LogP contribution in [0.5, 0.6) is 0 Å². The third kappa shape index (κ3) is 4.02. The van der Waals surface area contributed by atoms with Crippen LogP contribution >= 0.6 is 11.6 Å². The monoisotopic (exact) mass is 376 g/mol. The van der Waals surface area contributed by atoms with E-state index in [-0.39, 0.29) is 6.03 Å². The zero-order valence-electron chi connectivity index (χ0n) is 15.2. The first-order valence-corrected chi connectivity index (χ1v) is 9.30. The Labute approximate surface area is 158 Å². The van der Waals surface area contributed by atoms with E-state index < -0.39 is 5.60 Å². The van der Waals surface area contributed by atoms with Gasteiger partial charge in [-0.25, -0.2) is 9.78 Å². The van der Waals surface area contributed by atoms with Crippen molar-refractivity contribution >= 4 is 17.6 Å². The van der Waals surface area contributed by atoms with Crippen molar-refractivity contribution in [1.82, 2.24) is 19.8 Å². The van der Waals surface area contributed by atoms with Crippen molar-refractivity contribution in [2.24, 2.45) is 0 Å². The molecule has 6 nitrogen and oxygen atoms in total. The summed E-state index contributed by atoms with van der Waals surface area (Å²) in [5, 5.41) is 14.5. The first-order valence-electron chi connectivity index (χ1n) is 8.92. The minimum absolute atomic E-state index is 0.124. The van der Waals surface area contributed by atoms with Crippen LogP contribution in [0.3, 0.4) is 0 Å². The fourth-order valence-electron chi connectivity index (χ4n) is 3.35. The van der Waals surface area contributed by atoms with Gasteiger partial charge in [0, 0.05) is 36.5 Å². The molecule has 0 unspecified atom stereocenters. The van der Waals surface area contributed by atoms with Gasteiger partial charge in [0.05, 0.1) is 12.1 Å². The predicted octanol–water partition coefficient (Wildman–Crippen LogP) is 3.31. The predicted molar refractivity (Wildman–Crippen MR) is 101 cm³/mol. The minimum atomic E-state index is -0.907. The summed E-state index contributed by atoms with van der Waals surface area (Å²) < 4.78 is 2.04. The van der Waals surface area contributed by atoms with E-state index in [1.165, 1.54) is 0 Å². The molecule has 0 spiro atoms. The van der Waals surface area contributed by atoms with Crippen LogP contribution in [-0.4, -0.2) is 38.7 Å². The standard InChI is InChI=1S/C19H25ClN4O2/c1-14(2)24-12-9-21-17(24)13-22-18(25)23-10-7-19(26,8-11-23)15-3-5-16(20)6-4-15/h3-6,9,12,14,26H,7-8,10-11,13H2,1-2H3,(H,22,25). The molecule has 0 radical (unpaired) electrons. The van der Waals surface area contributed by atoms with E-state index in [4.69, 9.17) is 11.6 Å². The summed E-state index contributed by atoms with van der Waals surface area (Å²) in [6.07, 6.45) is 4.67. The average Bonchev–Trinajstić information content (AvgIpc) is 3.09. The van der Waals surface area contributed by atoms with Gasteiger partial charge in [0.1, 0.15) is 5.82 Å². The third-order valence-electron chi connectivity index (χ3n) is 4.96. The Kier molecular flexibility index (Phi) is 5.53. The largest absolute Gasteiger partial charge is 0.385 e. The number of urea groups is 1. The van der Waals surface area contributed by atoms with Crippen LogP contribution < -0.4 is 5.32 Å². The number of nitrogens with one attached hydrogen (secondary N) is 1. The lowest BCUT2D eigenvalue weighted by Crippen LogP contribution is -2.48. The first-order chi connectivity index (χ1) is 12.4. The second kappa shape index (κ2) is 7.68. The molecule has 0 atom stereocenters. The number of aromatic nitrogens is 2. The SMILES string of the molecule is CC(C)n1ccnc1CNC(=O)N1CCC(O)(c2ccc(Cl)cc2)CC1. The van der Waals surface area contributed by atoms with E-state index in [1.54, 1.807) is 23.2 Å². The second-order valence-corrected chi connectivity index (χ2v) is 7.47. The number of amides is 2. The second-order valence-electron chi connectivity index (χ2n) is 7.03. The molecular formula is C19H25ClN4O2. The molecule has 0 aliphatic carbocycles. The minimum Gasteiger partial charge on any atom is -0.385 e. The van der Waals surface area contributed by atoms with Crippen molar-refractivity contribution in [3.8, 4) is 0 Å². The fourth-order valence-corrected chi connectivity index (χ4v) is 3.47. The molecule has 1 aliphatic heterocycles. The van der Waals surface area contributed by atoms with Crippen LogP contribution in [0, 0.1) is 0 Å². The molecule has 7 heteroatoms. The molecule has 1 fully saturated rings. The molecule has 2 aromatic rings. The summed E-state index contributed by atoms with van der Waals surface area (Å²) >= 11 is 5.92. The Balaban J connectivity index is 1.55. The maximum atomic E-state index is 12.4. The smallest absolute Gasteiger partial charge is 0.317 e. The van der Waals surface area contributed by atoms with Crippen molar-refractivity contribution in [1.29, 1.82) is 0 Å². The van der Waals surface area contributed by atoms with Crippen LogP contribution in [0.1, 0.15) is 44.1 Å². The molecule has 3 rings (SSSR count). The maximum absolute atomic E-state index is 12.4. The highest BCUT2D eigenvalue weighted by Crippen LogP contribution is 2.33. The molecule has 140 valence electrons. The van der Waals surface area contributed by atoms with Gasteiger partial charge in [-0.05, 0) is 44.4 Å². The lowest BCUT2D eigenvalue weighted by atomic mass is 9.84. The average molecular weight is 377 g/mol. The van der Waals surface area contributed by atoms with Crippen molar-refractivity contribution in [2.45, 2.75) is 44.9 Å². The molecule has 1 saturated heterocycles. The Morgan fingerprint density at radius 3 is 2.58 bits per heavy atom. The van der Waals surface area contributed by atoms with Gasteiger partial charge < -0.3 is 19.9 Å². The van der Waals surface area contributed by atoms with E-state index >= 15 is 0 Å². The number of halogens is 1. The van der Waals surface area contributed by atoms with Crippen LogP contribution in [0.4, 0.5) is 4.79 Å². The normalized spacial score (nSPS) is 16.7. The number of imidazole rings is 1. The third-order valence-corrected chi connectivity index (χ3v) is 5.21. The first kappa shape index (κ1) is 18.7. The highest BCUT2D eigenvalue weighted by atomic mass is 35.5. The number of nitrogens with zero attached hydrogens (tertiary/aromatic N) is 3. The van der Waals surface area contributed by atoms with Gasteiger partial charge in [-0.3, -0.25) is 0 Å². The molecule has 0 bridgehead atoms. The number of carbonyl (C=O) groups excluding carboxylic acids is 1. The lowest BCUT2D eigenvalue weighted by Gasteiger charge is -2.38. The van der Waals surface area contributed by atoms with Crippen LogP contribution in [-0.2, 0) is 12.1 Å². The van der Waals surface area contributed by atoms with Crippen molar-refractivity contribution in [3.63, 3.8) is 0 Å². The van der Waals surface area contributed by atoms with Crippen molar-refractivity contribution in [3.05, 3.63) is 53.1 Å². The van der Waals surface area contributed by atoms with E-state index in [0.29, 0.717) is 43.5 Å². The highest BCUT2D eigenvalue weighted by molar-refractivity contribution is 6.30. The van der Waals surface area contributed by atoms with Gasteiger partial charge in [-0.2, -0.15) is 0 Å². The van der Waals surface area contributed by atoms with Crippen molar-refractivity contribution < 1.29 is 9.90 Å². The summed E-state index contributed by atoms with van der Waals surface area (Å²) in [5.41, 5.74) is -0.0594. The molecule has 2 heterocycles. The summed E-state index contributed by atoms with van der Waals surface area (Å²) in [6, 6.07) is 7.44. The van der Waals surface area contributed by atoms with E-state index in [1.807, 2.05) is 22.9 Å². The zero-order valence-corrected chi connectivity index (χ0v) is 15.9. The highest BCUT2D eigenvalue weighted by Gasteiger charge is 2.35. The van der Waals surface area contributed by atoms with Gasteiger partial charge in [-0.1, -0.05) is 23.7 Å². The van der Waals surface area contributed by atoms with Gasteiger partial charge in [0.25, 0.3) is 0 Å². The van der Waals surface area contributed by atoms with Gasteiger partial charge in [-0.15, -0.1) is 0 Å². The topological polar surface area (TPSA) is 70.4 Å². The zero-order chi connectivity index (χ0) is 18.7. The lowest BCUT2D eigenvalue weighted by molar-refractivity contribution is -0.0168. The van der Waals surface area contributed by atoms with Gasteiger partial charge in [0.15, 0.2) is 0 Å². The van der Waals surface area contributed by atoms with Crippen LogP contribution in [0.2, 0.25) is 5.02 Å². The quantitative estimate of drug-likeness (QED) is 0.860.